The fraction of sp³-hybridized carbons (Fsp3) is 0.500. The van der Waals surface area contributed by atoms with Crippen molar-refractivity contribution in [3.8, 4) is 0 Å². The van der Waals surface area contributed by atoms with E-state index in [9.17, 15) is 4.79 Å². The normalized spacial score (nSPS) is 13.0. The molecule has 1 rings (SSSR count). The molecule has 0 saturated heterocycles. The number of carbonyl (C=O) groups is 1. The predicted octanol–water partition coefficient (Wildman–Crippen LogP) is 4.34. The van der Waals surface area contributed by atoms with E-state index in [1.54, 1.807) is 0 Å². The minimum atomic E-state index is -0.394. The molecule has 1 atom stereocenters. The van der Waals surface area contributed by atoms with E-state index in [0.717, 1.165) is 15.6 Å². The first-order valence-corrected chi connectivity index (χ1v) is 6.74. The highest BCUT2D eigenvalue weighted by Crippen LogP contribution is 2.26. The van der Waals surface area contributed by atoms with E-state index in [1.165, 1.54) is 0 Å². The summed E-state index contributed by atoms with van der Waals surface area (Å²) in [6, 6.07) is 5.88. The number of nitrogens with one attached hydrogen (secondary N) is 1. The molecule has 0 bridgehead atoms. The van der Waals surface area contributed by atoms with Crippen LogP contribution in [0.1, 0.15) is 44.9 Å². The van der Waals surface area contributed by atoms with Crippen molar-refractivity contribution in [2.45, 2.75) is 46.3 Å². The number of halogens is 1. The SMILES string of the molecule is Cc1c(Br)cccc1[C@@H](C)OC(=O)NC(C)(C)C. The van der Waals surface area contributed by atoms with Crippen LogP contribution in [-0.4, -0.2) is 11.6 Å². The quantitative estimate of drug-likeness (QED) is 0.881. The first kappa shape index (κ1) is 15.0. The molecule has 1 amide bonds. The molecule has 100 valence electrons. The van der Waals surface area contributed by atoms with Gasteiger partial charge in [0.1, 0.15) is 6.10 Å². The Bertz CT molecular complexity index is 438. The van der Waals surface area contributed by atoms with Crippen LogP contribution in [0.5, 0.6) is 0 Å². The maximum absolute atomic E-state index is 11.7. The summed E-state index contributed by atoms with van der Waals surface area (Å²) in [5.74, 6) is 0. The van der Waals surface area contributed by atoms with Crippen LogP contribution >= 0.6 is 15.9 Å². The Morgan fingerprint density at radius 2 is 2.00 bits per heavy atom. The number of amides is 1. The molecule has 0 aliphatic rings. The molecule has 0 fully saturated rings. The second-order valence-corrected chi connectivity index (χ2v) is 6.23. The highest BCUT2D eigenvalue weighted by atomic mass is 79.9. The highest BCUT2D eigenvalue weighted by Gasteiger charge is 2.19. The van der Waals surface area contributed by atoms with Crippen molar-refractivity contribution in [3.05, 3.63) is 33.8 Å². The van der Waals surface area contributed by atoms with E-state index in [1.807, 2.05) is 52.8 Å². The van der Waals surface area contributed by atoms with E-state index in [-0.39, 0.29) is 11.6 Å². The van der Waals surface area contributed by atoms with Gasteiger partial charge in [-0.1, -0.05) is 28.1 Å². The third kappa shape index (κ3) is 4.33. The lowest BCUT2D eigenvalue weighted by Crippen LogP contribution is -2.41. The Labute approximate surface area is 117 Å². The smallest absolute Gasteiger partial charge is 0.408 e. The molecule has 1 aromatic carbocycles. The van der Waals surface area contributed by atoms with Crippen LogP contribution in [0.15, 0.2) is 22.7 Å². The van der Waals surface area contributed by atoms with Crippen molar-refractivity contribution < 1.29 is 9.53 Å². The number of hydrogen-bond acceptors (Lipinski definition) is 2. The van der Waals surface area contributed by atoms with Gasteiger partial charge in [-0.15, -0.1) is 0 Å². The van der Waals surface area contributed by atoms with Crippen LogP contribution in [0.4, 0.5) is 4.79 Å². The van der Waals surface area contributed by atoms with Crippen molar-refractivity contribution >= 4 is 22.0 Å². The van der Waals surface area contributed by atoms with E-state index in [4.69, 9.17) is 4.74 Å². The first-order valence-electron chi connectivity index (χ1n) is 5.94. The zero-order valence-corrected chi connectivity index (χ0v) is 13.1. The standard InChI is InChI=1S/C14H20BrNO2/c1-9-11(7-6-8-12(9)15)10(2)18-13(17)16-14(3,4)5/h6-8,10H,1-5H3,(H,16,17)/t10-/m1/s1. The lowest BCUT2D eigenvalue weighted by molar-refractivity contribution is 0.0997. The number of hydrogen-bond donors (Lipinski definition) is 1. The molecule has 0 heterocycles. The van der Waals surface area contributed by atoms with Gasteiger partial charge in [-0.2, -0.15) is 0 Å². The lowest BCUT2D eigenvalue weighted by atomic mass is 10.0. The topological polar surface area (TPSA) is 38.3 Å². The minimum absolute atomic E-state index is 0.273. The third-order valence-corrected chi connectivity index (χ3v) is 3.37. The molecule has 1 N–H and O–H groups in total. The number of benzene rings is 1. The molecule has 18 heavy (non-hydrogen) atoms. The van der Waals surface area contributed by atoms with Gasteiger partial charge >= 0.3 is 6.09 Å². The second kappa shape index (κ2) is 5.74. The summed E-state index contributed by atoms with van der Waals surface area (Å²) < 4.78 is 6.40. The number of ether oxygens (including phenoxy) is 1. The largest absolute Gasteiger partial charge is 0.442 e. The Kier molecular flexibility index (Phi) is 4.79. The van der Waals surface area contributed by atoms with Gasteiger partial charge in [0.2, 0.25) is 0 Å². The Hall–Kier alpha value is -1.03. The summed E-state index contributed by atoms with van der Waals surface area (Å²) in [5.41, 5.74) is 1.81. The Morgan fingerprint density at radius 3 is 2.56 bits per heavy atom. The summed E-state index contributed by atoms with van der Waals surface area (Å²) >= 11 is 3.47. The van der Waals surface area contributed by atoms with Gasteiger partial charge in [0.15, 0.2) is 0 Å². The van der Waals surface area contributed by atoms with E-state index >= 15 is 0 Å². The molecule has 0 spiro atoms. The van der Waals surface area contributed by atoms with Crippen molar-refractivity contribution in [2.75, 3.05) is 0 Å². The predicted molar refractivity (Wildman–Crippen MR) is 76.7 cm³/mol. The van der Waals surface area contributed by atoms with Gasteiger partial charge in [0.25, 0.3) is 0 Å². The van der Waals surface area contributed by atoms with Gasteiger partial charge in [0, 0.05) is 10.0 Å². The highest BCUT2D eigenvalue weighted by molar-refractivity contribution is 9.10. The van der Waals surface area contributed by atoms with Crippen LogP contribution in [0, 0.1) is 6.92 Å². The van der Waals surface area contributed by atoms with Crippen molar-refractivity contribution in [2.24, 2.45) is 0 Å². The third-order valence-electron chi connectivity index (χ3n) is 2.51. The summed E-state index contributed by atoms with van der Waals surface area (Å²) in [5, 5.41) is 2.78. The maximum atomic E-state index is 11.7. The van der Waals surface area contributed by atoms with Crippen LogP contribution in [0.3, 0.4) is 0 Å². The molecule has 0 aliphatic carbocycles. The van der Waals surface area contributed by atoms with E-state index in [0.29, 0.717) is 0 Å². The number of carbonyl (C=O) groups excluding carboxylic acids is 1. The molecule has 4 heteroatoms. The van der Waals surface area contributed by atoms with Gasteiger partial charge < -0.3 is 10.1 Å². The average molecular weight is 314 g/mol. The van der Waals surface area contributed by atoms with Gasteiger partial charge in [0.05, 0.1) is 0 Å². The van der Waals surface area contributed by atoms with Crippen molar-refractivity contribution in [1.29, 1.82) is 0 Å². The molecule has 0 aliphatic heterocycles. The monoisotopic (exact) mass is 313 g/mol. The fourth-order valence-electron chi connectivity index (χ4n) is 1.62. The molecular weight excluding hydrogens is 294 g/mol. The zero-order valence-electron chi connectivity index (χ0n) is 11.5. The lowest BCUT2D eigenvalue weighted by Gasteiger charge is -2.23. The summed E-state index contributed by atoms with van der Waals surface area (Å²) in [7, 11) is 0. The molecular formula is C14H20BrNO2. The molecule has 0 saturated carbocycles. The minimum Gasteiger partial charge on any atom is -0.442 e. The van der Waals surface area contributed by atoms with E-state index in [2.05, 4.69) is 21.2 Å². The van der Waals surface area contributed by atoms with Crippen LogP contribution in [0.2, 0.25) is 0 Å². The molecule has 0 radical (unpaired) electrons. The van der Waals surface area contributed by atoms with Gasteiger partial charge in [-0.25, -0.2) is 4.79 Å². The molecule has 0 aromatic heterocycles. The Balaban J connectivity index is 2.74. The zero-order chi connectivity index (χ0) is 13.9. The number of rotatable bonds is 2. The Morgan fingerprint density at radius 1 is 1.39 bits per heavy atom. The van der Waals surface area contributed by atoms with Crippen LogP contribution in [-0.2, 0) is 4.74 Å². The van der Waals surface area contributed by atoms with Gasteiger partial charge in [-0.05, 0) is 51.8 Å². The first-order chi connectivity index (χ1) is 8.20. The summed E-state index contributed by atoms with van der Waals surface area (Å²) in [6.45, 7) is 9.63. The van der Waals surface area contributed by atoms with Crippen molar-refractivity contribution in [3.63, 3.8) is 0 Å². The summed E-state index contributed by atoms with van der Waals surface area (Å²) in [6.07, 6.45) is -0.667. The van der Waals surface area contributed by atoms with Gasteiger partial charge in [-0.3, -0.25) is 0 Å². The molecule has 1 aromatic rings. The average Bonchev–Trinajstić information content (AvgIpc) is 2.18. The van der Waals surface area contributed by atoms with Crippen molar-refractivity contribution in [1.82, 2.24) is 5.32 Å². The second-order valence-electron chi connectivity index (χ2n) is 5.38. The molecule has 0 unspecified atom stereocenters. The van der Waals surface area contributed by atoms with Crippen LogP contribution < -0.4 is 5.32 Å². The summed E-state index contributed by atoms with van der Waals surface area (Å²) in [4.78, 5) is 11.7. The van der Waals surface area contributed by atoms with Crippen LogP contribution in [0.25, 0.3) is 0 Å². The van der Waals surface area contributed by atoms with E-state index < -0.39 is 6.09 Å². The maximum Gasteiger partial charge on any atom is 0.408 e. The fourth-order valence-corrected chi connectivity index (χ4v) is 2.01. The molecule has 3 nitrogen and oxygen atoms in total. The number of alkyl carbamates (subject to hydrolysis) is 1.